The molecule has 0 aromatic heterocycles. The molecule has 2 aromatic carbocycles. The minimum absolute atomic E-state index is 0.0328. The smallest absolute Gasteiger partial charge is 0.313 e. The normalized spacial score (nSPS) is 15.9. The maximum atomic E-state index is 12.5. The van der Waals surface area contributed by atoms with Crippen LogP contribution >= 0.6 is 0 Å². The van der Waals surface area contributed by atoms with E-state index in [0.29, 0.717) is 12.2 Å². The number of anilines is 2. The summed E-state index contributed by atoms with van der Waals surface area (Å²) in [5.41, 5.74) is 3.97. The van der Waals surface area contributed by atoms with Gasteiger partial charge in [-0.05, 0) is 43.8 Å². The van der Waals surface area contributed by atoms with Crippen LogP contribution in [0.15, 0.2) is 48.5 Å². The summed E-state index contributed by atoms with van der Waals surface area (Å²) in [5, 5.41) is 5.51. The summed E-state index contributed by atoms with van der Waals surface area (Å²) in [5.74, 6) is -1.28. The Morgan fingerprint density at radius 3 is 2.13 bits per heavy atom. The van der Waals surface area contributed by atoms with Crippen molar-refractivity contribution in [2.45, 2.75) is 13.0 Å². The Kier molecular flexibility index (Phi) is 7.65. The maximum absolute atomic E-state index is 12.5. The van der Waals surface area contributed by atoms with E-state index in [1.165, 1.54) is 5.56 Å². The molecule has 0 spiro atoms. The number of rotatable bonds is 6. The first kappa shape index (κ1) is 22.8. The molecular weight excluding hydrogens is 390 g/mol. The van der Waals surface area contributed by atoms with Crippen molar-refractivity contribution in [3.63, 3.8) is 0 Å². The van der Waals surface area contributed by atoms with E-state index in [0.717, 1.165) is 37.4 Å². The lowest BCUT2D eigenvalue weighted by atomic mass is 10.0. The lowest BCUT2D eigenvalue weighted by Crippen LogP contribution is -2.49. The molecule has 1 atom stereocenters. The van der Waals surface area contributed by atoms with Crippen molar-refractivity contribution in [1.29, 1.82) is 0 Å². The Balaban J connectivity index is 1.62. The lowest BCUT2D eigenvalue weighted by molar-refractivity contribution is -0.136. The maximum Gasteiger partial charge on any atom is 0.313 e. The third kappa shape index (κ3) is 6.29. The van der Waals surface area contributed by atoms with Gasteiger partial charge in [0.25, 0.3) is 0 Å². The third-order valence-corrected chi connectivity index (χ3v) is 5.74. The molecule has 1 unspecified atom stereocenters. The topological polar surface area (TPSA) is 67.9 Å². The van der Waals surface area contributed by atoms with Crippen molar-refractivity contribution < 1.29 is 9.59 Å². The Morgan fingerprint density at radius 2 is 1.55 bits per heavy atom. The van der Waals surface area contributed by atoms with Crippen molar-refractivity contribution >= 4 is 23.2 Å². The second-order valence-electron chi connectivity index (χ2n) is 8.37. The van der Waals surface area contributed by atoms with Gasteiger partial charge >= 0.3 is 11.8 Å². The molecule has 1 aliphatic rings. The number of nitrogens with one attached hydrogen (secondary N) is 2. The van der Waals surface area contributed by atoms with E-state index in [1.807, 2.05) is 31.1 Å². The van der Waals surface area contributed by atoms with Crippen LogP contribution in [0.4, 0.5) is 11.4 Å². The van der Waals surface area contributed by atoms with Crippen LogP contribution in [0.5, 0.6) is 0 Å². The number of aryl methyl sites for hydroxylation is 1. The second-order valence-corrected chi connectivity index (χ2v) is 8.37. The Morgan fingerprint density at radius 1 is 0.935 bits per heavy atom. The molecule has 0 saturated carbocycles. The monoisotopic (exact) mass is 423 g/mol. The number of carbonyl (C=O) groups is 2. The Labute approximate surface area is 185 Å². The fourth-order valence-corrected chi connectivity index (χ4v) is 3.68. The summed E-state index contributed by atoms with van der Waals surface area (Å²) >= 11 is 0. The molecule has 7 nitrogen and oxygen atoms in total. The number of amides is 2. The first-order valence-corrected chi connectivity index (χ1v) is 10.7. The Bertz CT molecular complexity index is 872. The van der Waals surface area contributed by atoms with Crippen LogP contribution in [0.3, 0.4) is 0 Å². The molecule has 2 amide bonds. The number of nitrogens with zero attached hydrogens (tertiary/aromatic N) is 3. The van der Waals surface area contributed by atoms with E-state index in [4.69, 9.17) is 0 Å². The minimum atomic E-state index is -0.654. The van der Waals surface area contributed by atoms with E-state index in [9.17, 15) is 9.59 Å². The molecule has 3 rings (SSSR count). The molecule has 2 aromatic rings. The molecule has 7 heteroatoms. The molecule has 0 bridgehead atoms. The summed E-state index contributed by atoms with van der Waals surface area (Å²) in [6, 6.07) is 15.8. The summed E-state index contributed by atoms with van der Waals surface area (Å²) < 4.78 is 0. The zero-order valence-electron chi connectivity index (χ0n) is 18.9. The van der Waals surface area contributed by atoms with Gasteiger partial charge in [0.2, 0.25) is 0 Å². The molecule has 2 N–H and O–H groups in total. The Hall–Kier alpha value is -2.90. The molecule has 31 heavy (non-hydrogen) atoms. The van der Waals surface area contributed by atoms with E-state index in [-0.39, 0.29) is 6.04 Å². The van der Waals surface area contributed by atoms with Gasteiger partial charge in [0.15, 0.2) is 0 Å². The fourth-order valence-electron chi connectivity index (χ4n) is 3.68. The molecule has 1 heterocycles. The van der Waals surface area contributed by atoms with Crippen LogP contribution in [0.1, 0.15) is 17.2 Å². The van der Waals surface area contributed by atoms with E-state index in [2.05, 4.69) is 58.7 Å². The van der Waals surface area contributed by atoms with Crippen molar-refractivity contribution in [2.75, 3.05) is 64.1 Å². The summed E-state index contributed by atoms with van der Waals surface area (Å²) in [4.78, 5) is 31.5. The van der Waals surface area contributed by atoms with Crippen LogP contribution in [0, 0.1) is 6.92 Å². The summed E-state index contributed by atoms with van der Waals surface area (Å²) in [6.07, 6.45) is 0. The largest absolute Gasteiger partial charge is 0.378 e. The van der Waals surface area contributed by atoms with E-state index < -0.39 is 11.8 Å². The third-order valence-electron chi connectivity index (χ3n) is 5.74. The number of likely N-dealkylation sites (N-methyl/N-ethyl adjacent to an activating group) is 1. The van der Waals surface area contributed by atoms with E-state index in [1.54, 1.807) is 12.1 Å². The zero-order chi connectivity index (χ0) is 22.4. The lowest BCUT2D eigenvalue weighted by Gasteiger charge is -2.38. The van der Waals surface area contributed by atoms with Gasteiger partial charge in [-0.15, -0.1) is 0 Å². The summed E-state index contributed by atoms with van der Waals surface area (Å²) in [6.45, 7) is 6.27. The van der Waals surface area contributed by atoms with Gasteiger partial charge in [0.05, 0.1) is 6.04 Å². The minimum Gasteiger partial charge on any atom is -0.378 e. The van der Waals surface area contributed by atoms with Gasteiger partial charge in [-0.1, -0.05) is 29.8 Å². The highest BCUT2D eigenvalue weighted by atomic mass is 16.2. The molecular formula is C24H33N5O2. The van der Waals surface area contributed by atoms with E-state index >= 15 is 0 Å². The highest BCUT2D eigenvalue weighted by Gasteiger charge is 2.25. The van der Waals surface area contributed by atoms with Crippen LogP contribution in [-0.4, -0.2) is 75.5 Å². The average molecular weight is 424 g/mol. The van der Waals surface area contributed by atoms with Crippen molar-refractivity contribution in [1.82, 2.24) is 15.1 Å². The average Bonchev–Trinajstić information content (AvgIpc) is 2.76. The van der Waals surface area contributed by atoms with Crippen molar-refractivity contribution in [2.24, 2.45) is 0 Å². The predicted octanol–water partition coefficient (Wildman–Crippen LogP) is 2.10. The van der Waals surface area contributed by atoms with Gasteiger partial charge in [0, 0.05) is 58.2 Å². The molecule has 1 aliphatic heterocycles. The molecule has 0 radical (unpaired) electrons. The van der Waals surface area contributed by atoms with Crippen molar-refractivity contribution in [3.8, 4) is 0 Å². The summed E-state index contributed by atoms with van der Waals surface area (Å²) in [7, 11) is 6.02. The first-order chi connectivity index (χ1) is 14.8. The van der Waals surface area contributed by atoms with Crippen molar-refractivity contribution in [3.05, 3.63) is 59.7 Å². The SMILES string of the molecule is Cc1ccc(C(CNC(=O)C(=O)Nc2ccc(N(C)C)cc2)N2CCN(C)CC2)cc1. The number of piperazine rings is 1. The highest BCUT2D eigenvalue weighted by molar-refractivity contribution is 6.39. The number of benzene rings is 2. The quantitative estimate of drug-likeness (QED) is 0.697. The highest BCUT2D eigenvalue weighted by Crippen LogP contribution is 2.22. The molecule has 166 valence electrons. The van der Waals surface area contributed by atoms with Gasteiger partial charge < -0.3 is 20.4 Å². The predicted molar refractivity (Wildman–Crippen MR) is 125 cm³/mol. The fraction of sp³-hybridized carbons (Fsp3) is 0.417. The zero-order valence-corrected chi connectivity index (χ0v) is 18.9. The number of hydrogen-bond acceptors (Lipinski definition) is 5. The number of hydrogen-bond donors (Lipinski definition) is 2. The van der Waals surface area contributed by atoms with Crippen LogP contribution in [-0.2, 0) is 9.59 Å². The standard InChI is InChI=1S/C24H33N5O2/c1-18-5-7-19(8-6-18)22(29-15-13-28(4)14-16-29)17-25-23(30)24(31)26-20-9-11-21(12-10-20)27(2)3/h5-12,22H,13-17H2,1-4H3,(H,25,30)(H,26,31). The molecule has 1 fully saturated rings. The first-order valence-electron chi connectivity index (χ1n) is 10.7. The van der Waals surface area contributed by atoms with Crippen LogP contribution in [0.25, 0.3) is 0 Å². The van der Waals surface area contributed by atoms with Crippen LogP contribution in [0.2, 0.25) is 0 Å². The molecule has 0 aliphatic carbocycles. The molecule has 1 saturated heterocycles. The van der Waals surface area contributed by atoms with Gasteiger partial charge in [-0.3, -0.25) is 14.5 Å². The second kappa shape index (κ2) is 10.4. The van der Waals surface area contributed by atoms with Gasteiger partial charge in [-0.25, -0.2) is 0 Å². The van der Waals surface area contributed by atoms with Crippen LogP contribution < -0.4 is 15.5 Å². The van der Waals surface area contributed by atoms with Gasteiger partial charge in [0.1, 0.15) is 0 Å². The number of carbonyl (C=O) groups excluding carboxylic acids is 2. The van der Waals surface area contributed by atoms with Gasteiger partial charge in [-0.2, -0.15) is 0 Å².